The van der Waals surface area contributed by atoms with Crippen LogP contribution in [0.1, 0.15) is 114 Å². The van der Waals surface area contributed by atoms with Gasteiger partial charge in [-0.25, -0.2) is 19.2 Å². The van der Waals surface area contributed by atoms with Gasteiger partial charge in [-0.3, -0.25) is 9.59 Å². The van der Waals surface area contributed by atoms with Crippen molar-refractivity contribution in [2.75, 3.05) is 44.5 Å². The van der Waals surface area contributed by atoms with E-state index >= 15 is 0 Å². The molecule has 3 amide bonds. The van der Waals surface area contributed by atoms with E-state index in [-0.39, 0.29) is 57.4 Å². The Bertz CT molecular complexity index is 1080. The lowest BCUT2D eigenvalue weighted by atomic mass is 10.1. The quantitative estimate of drug-likeness (QED) is 0.0590. The maximum Gasteiger partial charge on any atom is 0.408 e. The SMILES string of the molecule is CC(C)(C)OC(=O)NC(CSCCCCCCCC(=O)NC(CCC(=O)NCCOCCOCC(=O)O)C(=O)OC(C)(C)C)C(=O)OC(C)(C)C. The molecule has 0 aliphatic rings. The van der Waals surface area contributed by atoms with Gasteiger partial charge >= 0.3 is 24.0 Å². The minimum absolute atomic E-state index is 0.0144. The highest BCUT2D eigenvalue weighted by atomic mass is 32.2. The molecule has 0 fully saturated rings. The number of amides is 3. The molecule has 0 saturated heterocycles. The molecule has 51 heavy (non-hydrogen) atoms. The molecule has 0 saturated carbocycles. The van der Waals surface area contributed by atoms with Crippen LogP contribution in [-0.4, -0.2) is 114 Å². The Morgan fingerprint density at radius 1 is 0.627 bits per heavy atom. The van der Waals surface area contributed by atoms with Crippen molar-refractivity contribution in [1.82, 2.24) is 16.0 Å². The summed E-state index contributed by atoms with van der Waals surface area (Å²) in [4.78, 5) is 73.2. The molecule has 296 valence electrons. The third-order valence-electron chi connectivity index (χ3n) is 6.21. The molecule has 0 rings (SSSR count). The maximum absolute atomic E-state index is 12.8. The average Bonchev–Trinajstić information content (AvgIpc) is 2.96. The summed E-state index contributed by atoms with van der Waals surface area (Å²) in [6.45, 7) is 16.0. The maximum atomic E-state index is 12.8. The Balaban J connectivity index is 4.54. The van der Waals surface area contributed by atoms with E-state index in [1.54, 1.807) is 62.3 Å². The molecule has 16 heteroatoms. The van der Waals surface area contributed by atoms with Gasteiger partial charge in [0.05, 0.1) is 19.8 Å². The minimum Gasteiger partial charge on any atom is -0.480 e. The highest BCUT2D eigenvalue weighted by Gasteiger charge is 2.29. The van der Waals surface area contributed by atoms with E-state index in [4.69, 9.17) is 28.8 Å². The molecule has 15 nitrogen and oxygen atoms in total. The van der Waals surface area contributed by atoms with Crippen molar-refractivity contribution >= 4 is 47.6 Å². The Kier molecular flexibility index (Phi) is 23.4. The summed E-state index contributed by atoms with van der Waals surface area (Å²) in [5, 5.41) is 16.6. The second-order valence-corrected chi connectivity index (χ2v) is 16.1. The number of hydrogen-bond acceptors (Lipinski definition) is 12. The molecular weight excluding hydrogens is 686 g/mol. The number of thioether (sulfide) groups is 1. The van der Waals surface area contributed by atoms with Crippen molar-refractivity contribution in [3.63, 3.8) is 0 Å². The summed E-state index contributed by atoms with van der Waals surface area (Å²) in [6.07, 6.45) is 3.74. The lowest BCUT2D eigenvalue weighted by molar-refractivity contribution is -0.159. The summed E-state index contributed by atoms with van der Waals surface area (Å²) in [7, 11) is 0. The van der Waals surface area contributed by atoms with Crippen LogP contribution in [0.15, 0.2) is 0 Å². The van der Waals surface area contributed by atoms with Crippen molar-refractivity contribution in [3.8, 4) is 0 Å². The van der Waals surface area contributed by atoms with Crippen LogP contribution in [0.4, 0.5) is 4.79 Å². The molecule has 0 aromatic rings. The molecular formula is C35H63N3O12S. The smallest absolute Gasteiger partial charge is 0.408 e. The highest BCUT2D eigenvalue weighted by molar-refractivity contribution is 7.99. The fraction of sp³-hybridized carbons (Fsp3) is 0.829. The van der Waals surface area contributed by atoms with Crippen LogP contribution in [0.5, 0.6) is 0 Å². The molecule has 4 N–H and O–H groups in total. The van der Waals surface area contributed by atoms with Gasteiger partial charge in [0.2, 0.25) is 11.8 Å². The van der Waals surface area contributed by atoms with Crippen LogP contribution >= 0.6 is 11.8 Å². The standard InChI is InChI=1S/C35H63N3O12S/c1-33(2,3)48-30(43)25(16-17-27(39)36-18-19-46-20-21-47-23-29(41)42)37-28(40)15-13-11-10-12-14-22-51-24-26(31(44)49-34(4,5)6)38-32(45)50-35(7,8)9/h25-26H,10-24H2,1-9H3,(H,36,39)(H,37,40)(H,38,45)(H,41,42). The van der Waals surface area contributed by atoms with Crippen molar-refractivity contribution in [1.29, 1.82) is 0 Å². The fourth-order valence-electron chi connectivity index (χ4n) is 4.11. The topological polar surface area (TPSA) is 205 Å². The van der Waals surface area contributed by atoms with Gasteiger partial charge in [-0.1, -0.05) is 19.3 Å². The first-order valence-electron chi connectivity index (χ1n) is 17.5. The second kappa shape index (κ2) is 25.0. The minimum atomic E-state index is -1.07. The summed E-state index contributed by atoms with van der Waals surface area (Å²) in [5.41, 5.74) is -2.16. The predicted molar refractivity (Wildman–Crippen MR) is 193 cm³/mol. The van der Waals surface area contributed by atoms with Crippen LogP contribution in [0.25, 0.3) is 0 Å². The lowest BCUT2D eigenvalue weighted by Gasteiger charge is -2.26. The van der Waals surface area contributed by atoms with E-state index in [1.165, 1.54) is 11.8 Å². The molecule has 2 atom stereocenters. The molecule has 0 aromatic carbocycles. The van der Waals surface area contributed by atoms with E-state index < -0.39 is 59.5 Å². The number of aliphatic carboxylic acids is 1. The summed E-state index contributed by atoms with van der Waals surface area (Å²) in [6, 6.07) is -1.82. The van der Waals surface area contributed by atoms with E-state index in [0.717, 1.165) is 31.4 Å². The van der Waals surface area contributed by atoms with Gasteiger partial charge in [0.1, 0.15) is 35.5 Å². The summed E-state index contributed by atoms with van der Waals surface area (Å²) < 4.78 is 26.4. The van der Waals surface area contributed by atoms with Crippen molar-refractivity contribution < 1.29 is 57.6 Å². The monoisotopic (exact) mass is 749 g/mol. The Hall–Kier alpha value is -3.11. The Morgan fingerprint density at radius 2 is 1.18 bits per heavy atom. The van der Waals surface area contributed by atoms with Gasteiger partial charge in [0.25, 0.3) is 0 Å². The molecule has 0 radical (unpaired) electrons. The number of ether oxygens (including phenoxy) is 5. The fourth-order valence-corrected chi connectivity index (χ4v) is 5.14. The zero-order chi connectivity index (χ0) is 39.1. The van der Waals surface area contributed by atoms with Gasteiger partial charge in [-0.05, 0) is 87.3 Å². The Morgan fingerprint density at radius 3 is 1.76 bits per heavy atom. The van der Waals surface area contributed by atoms with E-state index in [9.17, 15) is 28.8 Å². The molecule has 0 bridgehead atoms. The second-order valence-electron chi connectivity index (χ2n) is 14.9. The highest BCUT2D eigenvalue weighted by Crippen LogP contribution is 2.16. The largest absolute Gasteiger partial charge is 0.480 e. The van der Waals surface area contributed by atoms with E-state index in [0.29, 0.717) is 12.2 Å². The van der Waals surface area contributed by atoms with Gasteiger partial charge in [0, 0.05) is 25.1 Å². The van der Waals surface area contributed by atoms with Crippen LogP contribution in [0, 0.1) is 0 Å². The molecule has 0 aliphatic heterocycles. The number of esters is 2. The molecule has 0 heterocycles. The van der Waals surface area contributed by atoms with Crippen molar-refractivity contribution in [2.24, 2.45) is 0 Å². The zero-order valence-electron chi connectivity index (χ0n) is 32.1. The van der Waals surface area contributed by atoms with Crippen LogP contribution in [-0.2, 0) is 47.7 Å². The average molecular weight is 750 g/mol. The van der Waals surface area contributed by atoms with Crippen LogP contribution in [0.3, 0.4) is 0 Å². The van der Waals surface area contributed by atoms with Crippen molar-refractivity contribution in [3.05, 3.63) is 0 Å². The number of carbonyl (C=O) groups is 6. The number of nitrogens with one attached hydrogen (secondary N) is 3. The normalized spacial score (nSPS) is 13.0. The lowest BCUT2D eigenvalue weighted by Crippen LogP contribution is -2.47. The molecule has 0 aromatic heterocycles. The first kappa shape index (κ1) is 47.9. The first-order chi connectivity index (χ1) is 23.6. The third-order valence-corrected chi connectivity index (χ3v) is 7.36. The first-order valence-corrected chi connectivity index (χ1v) is 18.7. The molecule has 0 aliphatic carbocycles. The zero-order valence-corrected chi connectivity index (χ0v) is 32.9. The number of rotatable bonds is 25. The van der Waals surface area contributed by atoms with Gasteiger partial charge in [-0.15, -0.1) is 0 Å². The van der Waals surface area contributed by atoms with Crippen molar-refractivity contribution in [2.45, 2.75) is 143 Å². The van der Waals surface area contributed by atoms with E-state index in [2.05, 4.69) is 16.0 Å². The number of unbranched alkanes of at least 4 members (excludes halogenated alkanes) is 4. The Labute approximate surface area is 307 Å². The van der Waals surface area contributed by atoms with Crippen LogP contribution in [0.2, 0.25) is 0 Å². The van der Waals surface area contributed by atoms with Crippen LogP contribution < -0.4 is 16.0 Å². The van der Waals surface area contributed by atoms with Gasteiger partial charge in [0.15, 0.2) is 0 Å². The number of carboxylic acids is 1. The van der Waals surface area contributed by atoms with E-state index in [1.807, 2.05) is 0 Å². The summed E-state index contributed by atoms with van der Waals surface area (Å²) >= 11 is 1.54. The van der Waals surface area contributed by atoms with Gasteiger partial charge < -0.3 is 44.7 Å². The molecule has 2 unspecified atom stereocenters. The predicted octanol–water partition coefficient (Wildman–Crippen LogP) is 4.14. The number of carbonyl (C=O) groups excluding carboxylic acids is 5. The number of alkyl carbamates (subject to hydrolysis) is 1. The third kappa shape index (κ3) is 30.2. The number of carboxylic acid groups (broad SMARTS) is 1. The van der Waals surface area contributed by atoms with Gasteiger partial charge in [-0.2, -0.15) is 11.8 Å². The molecule has 0 spiro atoms. The number of hydrogen-bond donors (Lipinski definition) is 4. The summed E-state index contributed by atoms with van der Waals surface area (Å²) in [5.74, 6) is -1.69.